The van der Waals surface area contributed by atoms with E-state index >= 15 is 0 Å². The van der Waals surface area contributed by atoms with Gasteiger partial charge in [0, 0.05) is 12.0 Å². The highest BCUT2D eigenvalue weighted by Crippen LogP contribution is 2.47. The highest BCUT2D eigenvalue weighted by atomic mass is 32.2. The van der Waals surface area contributed by atoms with Crippen molar-refractivity contribution < 1.29 is 37.0 Å². The van der Waals surface area contributed by atoms with Crippen LogP contribution in [0.1, 0.15) is 100 Å². The summed E-state index contributed by atoms with van der Waals surface area (Å²) < 4.78 is 41.3. The first-order valence-corrected chi connectivity index (χ1v) is 15.0. The monoisotopic (exact) mass is 547 g/mol. The molecule has 5 atom stereocenters. The summed E-state index contributed by atoms with van der Waals surface area (Å²) in [5.41, 5.74) is -0.871. The fourth-order valence-electron chi connectivity index (χ4n) is 4.45. The molecule has 0 amide bonds. The van der Waals surface area contributed by atoms with Gasteiger partial charge in [-0.2, -0.15) is 0 Å². The number of sulfonamides is 1. The Morgan fingerprint density at radius 1 is 1.08 bits per heavy atom. The standard InChI is InChI=1S/C11H21NO2S.C10H16O4.C6H12O2/c1-11(2,3)12-15(13,14)10-7-8-4-5-9(10)6-8;1-4-10(2,3)9(12)14-7-5-6-13-8(7)11;1-4-5(2)6(7)8-3/h8-10,12H,4-7H2,1-3H3;7H,4-6H2,1-3H3;5H,4H2,1-3H3. The second-order valence-corrected chi connectivity index (χ2v) is 13.9. The summed E-state index contributed by atoms with van der Waals surface area (Å²) in [4.78, 5) is 33.1. The molecule has 2 saturated carbocycles. The van der Waals surface area contributed by atoms with Gasteiger partial charge in [-0.05, 0) is 78.6 Å². The highest BCUT2D eigenvalue weighted by molar-refractivity contribution is 7.90. The normalized spacial score (nSPS) is 25.7. The van der Waals surface area contributed by atoms with Gasteiger partial charge in [-0.15, -0.1) is 0 Å². The first-order chi connectivity index (χ1) is 17.0. The molecule has 5 unspecified atom stereocenters. The molecular formula is C27H49NO8S. The molecule has 0 aromatic heterocycles. The Bertz CT molecular complexity index is 877. The van der Waals surface area contributed by atoms with Crippen LogP contribution in [0, 0.1) is 23.2 Å². The van der Waals surface area contributed by atoms with Gasteiger partial charge in [0.15, 0.2) is 0 Å². The zero-order valence-electron chi connectivity index (χ0n) is 24.2. The molecule has 3 rings (SSSR count). The van der Waals surface area contributed by atoms with Gasteiger partial charge in [-0.3, -0.25) is 9.59 Å². The molecule has 1 heterocycles. The Morgan fingerprint density at radius 3 is 2.05 bits per heavy atom. The van der Waals surface area contributed by atoms with Crippen molar-refractivity contribution in [3.8, 4) is 0 Å². The molecular weight excluding hydrogens is 498 g/mol. The van der Waals surface area contributed by atoms with Gasteiger partial charge in [-0.25, -0.2) is 17.9 Å². The van der Waals surface area contributed by atoms with Crippen LogP contribution >= 0.6 is 0 Å². The minimum atomic E-state index is -3.10. The first kappa shape index (κ1) is 33.3. The van der Waals surface area contributed by atoms with Crippen LogP contribution in [-0.4, -0.2) is 56.9 Å². The number of ether oxygens (including phenoxy) is 3. The van der Waals surface area contributed by atoms with E-state index in [0.29, 0.717) is 31.3 Å². The third kappa shape index (κ3) is 10.5. The summed E-state index contributed by atoms with van der Waals surface area (Å²) >= 11 is 0. The molecule has 10 heteroatoms. The van der Waals surface area contributed by atoms with E-state index in [1.165, 1.54) is 13.5 Å². The average Bonchev–Trinajstić information content (AvgIpc) is 3.55. The zero-order valence-corrected chi connectivity index (χ0v) is 25.0. The van der Waals surface area contributed by atoms with E-state index in [0.717, 1.165) is 25.7 Å². The molecule has 1 saturated heterocycles. The number of methoxy groups -OCH3 is 1. The van der Waals surface area contributed by atoms with Gasteiger partial charge in [0.05, 0.1) is 30.3 Å². The summed E-state index contributed by atoms with van der Waals surface area (Å²) in [6.07, 6.45) is 5.71. The fraction of sp³-hybridized carbons (Fsp3) is 0.889. The predicted octanol–water partition coefficient (Wildman–Crippen LogP) is 4.38. The van der Waals surface area contributed by atoms with Crippen molar-refractivity contribution in [2.45, 2.75) is 117 Å². The first-order valence-electron chi connectivity index (χ1n) is 13.5. The highest BCUT2D eigenvalue weighted by Gasteiger charge is 2.46. The Morgan fingerprint density at radius 2 is 1.70 bits per heavy atom. The number of carbonyl (C=O) groups is 3. The minimum absolute atomic E-state index is 0.0556. The van der Waals surface area contributed by atoms with E-state index in [1.807, 2.05) is 41.5 Å². The summed E-state index contributed by atoms with van der Waals surface area (Å²) in [6.45, 7) is 15.4. The molecule has 216 valence electrons. The number of carbonyl (C=O) groups excluding carboxylic acids is 3. The average molecular weight is 548 g/mol. The number of cyclic esters (lactones) is 1. The van der Waals surface area contributed by atoms with Crippen molar-refractivity contribution >= 4 is 27.9 Å². The largest absolute Gasteiger partial charge is 0.469 e. The Labute approximate surface area is 223 Å². The summed E-state index contributed by atoms with van der Waals surface area (Å²) in [5, 5.41) is -0.115. The molecule has 9 nitrogen and oxygen atoms in total. The van der Waals surface area contributed by atoms with Crippen LogP contribution in [0.4, 0.5) is 0 Å². The van der Waals surface area contributed by atoms with Crippen molar-refractivity contribution in [1.82, 2.24) is 4.72 Å². The smallest absolute Gasteiger partial charge is 0.347 e. The Hall–Kier alpha value is -1.68. The van der Waals surface area contributed by atoms with E-state index in [1.54, 1.807) is 13.8 Å². The van der Waals surface area contributed by atoms with Crippen LogP contribution in [0.25, 0.3) is 0 Å². The number of esters is 3. The van der Waals surface area contributed by atoms with Crippen LogP contribution in [-0.2, 0) is 38.6 Å². The molecule has 0 spiro atoms. The van der Waals surface area contributed by atoms with Gasteiger partial charge in [0.2, 0.25) is 16.1 Å². The number of nitrogens with one attached hydrogen (secondary N) is 1. The van der Waals surface area contributed by atoms with Crippen molar-refractivity contribution in [2.24, 2.45) is 23.2 Å². The lowest BCUT2D eigenvalue weighted by Gasteiger charge is -2.27. The molecule has 37 heavy (non-hydrogen) atoms. The summed E-state index contributed by atoms with van der Waals surface area (Å²) in [5.74, 6) is 0.285. The fourth-order valence-corrected chi connectivity index (χ4v) is 6.74. The number of rotatable bonds is 7. The van der Waals surface area contributed by atoms with Gasteiger partial charge < -0.3 is 14.2 Å². The molecule has 0 aromatic carbocycles. The number of fused-ring (bicyclic) bond motifs is 2. The quantitative estimate of drug-likeness (QED) is 0.368. The Kier molecular flexibility index (Phi) is 12.5. The van der Waals surface area contributed by atoms with E-state index in [-0.39, 0.29) is 28.6 Å². The molecule has 2 bridgehead atoms. The lowest BCUT2D eigenvalue weighted by atomic mass is 9.90. The molecule has 3 aliphatic rings. The summed E-state index contributed by atoms with van der Waals surface area (Å²) in [6, 6.07) is 0. The van der Waals surface area contributed by atoms with Gasteiger partial charge >= 0.3 is 17.9 Å². The number of hydrogen-bond acceptors (Lipinski definition) is 8. The Balaban J connectivity index is 0.000000292. The van der Waals surface area contributed by atoms with Gasteiger partial charge in [0.25, 0.3) is 0 Å². The molecule has 1 aliphatic heterocycles. The summed E-state index contributed by atoms with van der Waals surface area (Å²) in [7, 11) is -1.69. The van der Waals surface area contributed by atoms with E-state index < -0.39 is 27.5 Å². The van der Waals surface area contributed by atoms with E-state index in [9.17, 15) is 22.8 Å². The van der Waals surface area contributed by atoms with E-state index in [2.05, 4.69) is 9.46 Å². The van der Waals surface area contributed by atoms with Crippen molar-refractivity contribution in [1.29, 1.82) is 0 Å². The molecule has 0 radical (unpaired) electrons. The van der Waals surface area contributed by atoms with E-state index in [4.69, 9.17) is 9.47 Å². The van der Waals surface area contributed by atoms with Crippen LogP contribution in [0.2, 0.25) is 0 Å². The van der Waals surface area contributed by atoms with Crippen LogP contribution in [0.3, 0.4) is 0 Å². The molecule has 2 aliphatic carbocycles. The van der Waals surface area contributed by atoms with Crippen molar-refractivity contribution in [3.63, 3.8) is 0 Å². The van der Waals surface area contributed by atoms with Gasteiger partial charge in [0.1, 0.15) is 0 Å². The van der Waals surface area contributed by atoms with Crippen LogP contribution in [0.5, 0.6) is 0 Å². The maximum Gasteiger partial charge on any atom is 0.347 e. The maximum atomic E-state index is 12.1. The van der Waals surface area contributed by atoms with Gasteiger partial charge in [-0.1, -0.05) is 27.2 Å². The lowest BCUT2D eigenvalue weighted by molar-refractivity contribution is -0.167. The third-order valence-corrected chi connectivity index (χ3v) is 9.58. The zero-order chi connectivity index (χ0) is 28.6. The second-order valence-electron chi connectivity index (χ2n) is 12.0. The third-order valence-electron chi connectivity index (χ3n) is 7.31. The second kappa shape index (κ2) is 13.9. The maximum absolute atomic E-state index is 12.1. The van der Waals surface area contributed by atoms with Crippen LogP contribution < -0.4 is 4.72 Å². The molecule has 1 N–H and O–H groups in total. The minimum Gasteiger partial charge on any atom is -0.469 e. The number of hydrogen-bond donors (Lipinski definition) is 1. The van der Waals surface area contributed by atoms with Crippen LogP contribution in [0.15, 0.2) is 0 Å². The topological polar surface area (TPSA) is 125 Å². The molecule has 0 aromatic rings. The SMILES string of the molecule is CC(C)(C)NS(=O)(=O)C1CC2CCC1C2.CCC(C)(C)C(=O)OC1CCOC1=O.CCC(C)C(=O)OC. The predicted molar refractivity (Wildman–Crippen MR) is 142 cm³/mol. The van der Waals surface area contributed by atoms with Crippen molar-refractivity contribution in [3.05, 3.63) is 0 Å². The molecule has 3 fully saturated rings. The lowest BCUT2D eigenvalue weighted by Crippen LogP contribution is -2.46. The van der Waals surface area contributed by atoms with Crippen molar-refractivity contribution in [2.75, 3.05) is 13.7 Å².